The van der Waals surface area contributed by atoms with Crippen molar-refractivity contribution in [2.24, 2.45) is 17.2 Å². The van der Waals surface area contributed by atoms with Crippen molar-refractivity contribution < 1.29 is 14.3 Å². The molecular weight excluding hydrogens is 256 g/mol. The van der Waals surface area contributed by atoms with Gasteiger partial charge in [-0.1, -0.05) is 20.8 Å². The van der Waals surface area contributed by atoms with Gasteiger partial charge in [0.05, 0.1) is 18.8 Å². The van der Waals surface area contributed by atoms with E-state index in [0.29, 0.717) is 24.0 Å². The first-order chi connectivity index (χ1) is 9.39. The average molecular weight is 284 g/mol. The highest BCUT2D eigenvalue weighted by atomic mass is 16.5. The summed E-state index contributed by atoms with van der Waals surface area (Å²) in [6.45, 7) is 7.51. The van der Waals surface area contributed by atoms with E-state index >= 15 is 0 Å². The quantitative estimate of drug-likeness (QED) is 0.468. The molecule has 1 heterocycles. The van der Waals surface area contributed by atoms with Crippen LogP contribution in [0.1, 0.15) is 52.9 Å². The van der Waals surface area contributed by atoms with Crippen LogP contribution in [-0.2, 0) is 14.3 Å². The minimum absolute atomic E-state index is 0.0256. The van der Waals surface area contributed by atoms with Gasteiger partial charge in [0.15, 0.2) is 0 Å². The van der Waals surface area contributed by atoms with E-state index in [4.69, 9.17) is 15.3 Å². The Kier molecular flexibility index (Phi) is 5.04. The first-order valence-corrected chi connectivity index (χ1v) is 7.67. The fourth-order valence-corrected chi connectivity index (χ4v) is 3.74. The van der Waals surface area contributed by atoms with Crippen LogP contribution >= 0.6 is 0 Å². The lowest BCUT2D eigenvalue weighted by Gasteiger charge is -2.39. The Hall–Kier alpha value is -0.650. The standard InChI is InChI=1S/C15H28N2O3/c1-10-6-12(8-15(2,3)7-10)19-9-11-4-5-13(20-11)14(18)17-16/h10-13H,4-9,16H2,1-3H3,(H,17,18). The average Bonchev–Trinajstić information content (AvgIpc) is 2.82. The first-order valence-electron chi connectivity index (χ1n) is 7.67. The summed E-state index contributed by atoms with van der Waals surface area (Å²) in [5, 5.41) is 0. The van der Waals surface area contributed by atoms with E-state index in [1.54, 1.807) is 0 Å². The Morgan fingerprint density at radius 1 is 1.40 bits per heavy atom. The van der Waals surface area contributed by atoms with Gasteiger partial charge in [-0.15, -0.1) is 0 Å². The summed E-state index contributed by atoms with van der Waals surface area (Å²) in [6, 6.07) is 0. The van der Waals surface area contributed by atoms with Crippen molar-refractivity contribution in [2.75, 3.05) is 6.61 Å². The molecule has 0 aromatic carbocycles. The zero-order valence-corrected chi connectivity index (χ0v) is 12.9. The maximum absolute atomic E-state index is 11.4. The molecule has 2 rings (SSSR count). The highest BCUT2D eigenvalue weighted by molar-refractivity contribution is 5.80. The van der Waals surface area contributed by atoms with E-state index in [0.717, 1.165) is 25.7 Å². The molecule has 5 nitrogen and oxygen atoms in total. The molecule has 2 aliphatic rings. The predicted molar refractivity (Wildman–Crippen MR) is 76.8 cm³/mol. The Morgan fingerprint density at radius 2 is 2.15 bits per heavy atom. The van der Waals surface area contributed by atoms with Crippen molar-refractivity contribution in [1.29, 1.82) is 0 Å². The second-order valence-corrected chi connectivity index (χ2v) is 7.20. The van der Waals surface area contributed by atoms with Crippen LogP contribution in [0.2, 0.25) is 0 Å². The van der Waals surface area contributed by atoms with Crippen molar-refractivity contribution in [1.82, 2.24) is 5.43 Å². The molecule has 5 heteroatoms. The highest BCUT2D eigenvalue weighted by Gasteiger charge is 2.34. The lowest BCUT2D eigenvalue weighted by Crippen LogP contribution is -2.39. The molecule has 4 atom stereocenters. The number of hydrogen-bond donors (Lipinski definition) is 2. The van der Waals surface area contributed by atoms with Crippen LogP contribution in [0.15, 0.2) is 0 Å². The normalized spacial score (nSPS) is 36.8. The van der Waals surface area contributed by atoms with Crippen molar-refractivity contribution >= 4 is 5.91 Å². The van der Waals surface area contributed by atoms with Crippen molar-refractivity contribution in [2.45, 2.75) is 71.2 Å². The van der Waals surface area contributed by atoms with Crippen LogP contribution in [0.3, 0.4) is 0 Å². The summed E-state index contributed by atoms with van der Waals surface area (Å²) in [5.41, 5.74) is 2.51. The molecule has 4 unspecified atom stereocenters. The zero-order valence-electron chi connectivity index (χ0n) is 12.9. The van der Waals surface area contributed by atoms with Crippen molar-refractivity contribution in [3.8, 4) is 0 Å². The van der Waals surface area contributed by atoms with Crippen LogP contribution in [0.4, 0.5) is 0 Å². The van der Waals surface area contributed by atoms with E-state index < -0.39 is 6.10 Å². The van der Waals surface area contributed by atoms with Crippen LogP contribution in [0.5, 0.6) is 0 Å². The predicted octanol–water partition coefficient (Wildman–Crippen LogP) is 1.76. The van der Waals surface area contributed by atoms with Gasteiger partial charge in [0.25, 0.3) is 5.91 Å². The minimum Gasteiger partial charge on any atom is -0.375 e. The smallest absolute Gasteiger partial charge is 0.263 e. The number of hydrazine groups is 1. The molecule has 3 N–H and O–H groups in total. The zero-order chi connectivity index (χ0) is 14.8. The summed E-state index contributed by atoms with van der Waals surface area (Å²) in [4.78, 5) is 11.4. The number of hydrogen-bond acceptors (Lipinski definition) is 4. The van der Waals surface area contributed by atoms with Crippen molar-refractivity contribution in [3.63, 3.8) is 0 Å². The molecule has 0 aromatic rings. The fraction of sp³-hybridized carbons (Fsp3) is 0.933. The molecule has 0 aromatic heterocycles. The number of carbonyl (C=O) groups excluding carboxylic acids is 1. The van der Waals surface area contributed by atoms with E-state index in [2.05, 4.69) is 26.2 Å². The SMILES string of the molecule is CC1CC(OCC2CCC(C(=O)NN)O2)CC(C)(C)C1. The number of nitrogens with one attached hydrogen (secondary N) is 1. The van der Waals surface area contributed by atoms with Gasteiger partial charge in [0.2, 0.25) is 0 Å². The van der Waals surface area contributed by atoms with Gasteiger partial charge in [-0.2, -0.15) is 0 Å². The van der Waals surface area contributed by atoms with E-state index in [1.165, 1.54) is 6.42 Å². The van der Waals surface area contributed by atoms with Crippen LogP contribution in [-0.4, -0.2) is 30.8 Å². The fourth-order valence-electron chi connectivity index (χ4n) is 3.74. The third kappa shape index (κ3) is 4.17. The molecule has 1 amide bonds. The van der Waals surface area contributed by atoms with Gasteiger partial charge < -0.3 is 9.47 Å². The molecule has 0 bridgehead atoms. The van der Waals surface area contributed by atoms with Gasteiger partial charge in [-0.05, 0) is 43.4 Å². The second-order valence-electron chi connectivity index (χ2n) is 7.20. The third-order valence-electron chi connectivity index (χ3n) is 4.41. The molecule has 116 valence electrons. The molecule has 1 aliphatic heterocycles. The maximum atomic E-state index is 11.4. The molecule has 1 saturated carbocycles. The summed E-state index contributed by atoms with van der Waals surface area (Å²) < 4.78 is 11.7. The molecule has 1 aliphatic carbocycles. The molecule has 0 radical (unpaired) electrons. The molecule has 0 spiro atoms. The van der Waals surface area contributed by atoms with Crippen LogP contribution in [0, 0.1) is 11.3 Å². The lowest BCUT2D eigenvalue weighted by atomic mass is 9.71. The van der Waals surface area contributed by atoms with Gasteiger partial charge in [0.1, 0.15) is 6.10 Å². The number of ether oxygens (including phenoxy) is 2. The summed E-state index contributed by atoms with van der Waals surface area (Å²) in [5.74, 6) is 5.60. The van der Waals surface area contributed by atoms with Gasteiger partial charge in [-0.25, -0.2) is 5.84 Å². The topological polar surface area (TPSA) is 73.6 Å². The Morgan fingerprint density at radius 3 is 2.80 bits per heavy atom. The second kappa shape index (κ2) is 6.41. The van der Waals surface area contributed by atoms with Gasteiger partial charge in [-0.3, -0.25) is 10.2 Å². The summed E-state index contributed by atoms with van der Waals surface area (Å²) >= 11 is 0. The van der Waals surface area contributed by atoms with E-state index in [-0.39, 0.29) is 12.0 Å². The number of carbonyl (C=O) groups is 1. The lowest BCUT2D eigenvalue weighted by molar-refractivity contribution is -0.134. The Bertz CT molecular complexity index is 346. The number of rotatable bonds is 4. The Labute approximate surface area is 121 Å². The van der Waals surface area contributed by atoms with Crippen molar-refractivity contribution in [3.05, 3.63) is 0 Å². The molecular formula is C15H28N2O3. The van der Waals surface area contributed by atoms with Gasteiger partial charge in [0, 0.05) is 0 Å². The monoisotopic (exact) mass is 284 g/mol. The highest BCUT2D eigenvalue weighted by Crippen LogP contribution is 2.39. The summed E-state index contributed by atoms with van der Waals surface area (Å²) in [7, 11) is 0. The first kappa shape index (κ1) is 15.7. The maximum Gasteiger partial charge on any atom is 0.263 e. The van der Waals surface area contributed by atoms with Crippen LogP contribution in [0.25, 0.3) is 0 Å². The van der Waals surface area contributed by atoms with E-state index in [1.807, 2.05) is 0 Å². The summed E-state index contributed by atoms with van der Waals surface area (Å²) in [6.07, 6.45) is 5.03. The number of nitrogens with two attached hydrogens (primary N) is 1. The minimum atomic E-state index is -0.407. The molecule has 2 fully saturated rings. The molecule has 20 heavy (non-hydrogen) atoms. The number of amides is 1. The largest absolute Gasteiger partial charge is 0.375 e. The van der Waals surface area contributed by atoms with Gasteiger partial charge >= 0.3 is 0 Å². The molecule has 1 saturated heterocycles. The van der Waals surface area contributed by atoms with E-state index in [9.17, 15) is 4.79 Å². The Balaban J connectivity index is 1.74. The van der Waals surface area contributed by atoms with Crippen LogP contribution < -0.4 is 11.3 Å². The third-order valence-corrected chi connectivity index (χ3v) is 4.41.